The molecule has 0 aliphatic rings. The minimum Gasteiger partial charge on any atom is -0.411 e. The molecular formula is C18H17N3O. The molecule has 3 rings (SSSR count). The number of aromatic nitrogens is 2. The Kier molecular flexibility index (Phi) is 4.01. The van der Waals surface area contributed by atoms with Crippen LogP contribution in [0.15, 0.2) is 78.2 Å². The van der Waals surface area contributed by atoms with Crippen LogP contribution in [0.3, 0.4) is 0 Å². The van der Waals surface area contributed by atoms with Crippen molar-refractivity contribution in [3.05, 3.63) is 90.0 Å². The van der Waals surface area contributed by atoms with Gasteiger partial charge in [-0.05, 0) is 12.5 Å². The lowest BCUT2D eigenvalue weighted by Crippen LogP contribution is -2.22. The van der Waals surface area contributed by atoms with Gasteiger partial charge < -0.3 is 9.77 Å². The molecule has 1 N–H and O–H groups in total. The minimum absolute atomic E-state index is 0.226. The fourth-order valence-electron chi connectivity index (χ4n) is 2.63. The Labute approximate surface area is 129 Å². The Bertz CT molecular complexity index is 763. The number of benzene rings is 2. The van der Waals surface area contributed by atoms with Gasteiger partial charge >= 0.3 is 0 Å². The summed E-state index contributed by atoms with van der Waals surface area (Å²) in [5, 5.41) is 13.3. The highest BCUT2D eigenvalue weighted by Gasteiger charge is 2.23. The van der Waals surface area contributed by atoms with Crippen LogP contribution < -0.4 is 0 Å². The van der Waals surface area contributed by atoms with Crippen LogP contribution in [-0.4, -0.2) is 20.5 Å². The van der Waals surface area contributed by atoms with E-state index in [4.69, 9.17) is 0 Å². The molecule has 0 aliphatic heterocycles. The molecule has 0 radical (unpaired) electrons. The molecule has 0 amide bonds. The second-order valence-corrected chi connectivity index (χ2v) is 5.05. The average Bonchev–Trinajstić information content (AvgIpc) is 3.00. The van der Waals surface area contributed by atoms with Crippen molar-refractivity contribution in [3.63, 3.8) is 0 Å². The van der Waals surface area contributed by atoms with E-state index < -0.39 is 0 Å². The van der Waals surface area contributed by atoms with Crippen molar-refractivity contribution in [2.45, 2.75) is 13.0 Å². The zero-order valence-corrected chi connectivity index (χ0v) is 12.3. The second-order valence-electron chi connectivity index (χ2n) is 5.05. The summed E-state index contributed by atoms with van der Waals surface area (Å²) < 4.78 is 2.01. The normalized spacial score (nSPS) is 13.0. The summed E-state index contributed by atoms with van der Waals surface area (Å²) in [4.78, 5) is 4.30. The summed E-state index contributed by atoms with van der Waals surface area (Å²) >= 11 is 0. The Balaban J connectivity index is 2.16. The van der Waals surface area contributed by atoms with E-state index in [-0.39, 0.29) is 6.04 Å². The quantitative estimate of drug-likeness (QED) is 0.453. The highest BCUT2D eigenvalue weighted by molar-refractivity contribution is 6.04. The zero-order valence-electron chi connectivity index (χ0n) is 12.3. The predicted molar refractivity (Wildman–Crippen MR) is 86.3 cm³/mol. The van der Waals surface area contributed by atoms with Gasteiger partial charge in [-0.3, -0.25) is 0 Å². The van der Waals surface area contributed by atoms with Crippen molar-refractivity contribution >= 4 is 5.71 Å². The highest BCUT2D eigenvalue weighted by atomic mass is 16.4. The number of rotatable bonds is 4. The summed E-state index contributed by atoms with van der Waals surface area (Å²) in [7, 11) is 0. The molecule has 1 heterocycles. The van der Waals surface area contributed by atoms with Crippen molar-refractivity contribution in [2.24, 2.45) is 5.16 Å². The van der Waals surface area contributed by atoms with E-state index in [1.807, 2.05) is 78.4 Å². The first-order valence-electron chi connectivity index (χ1n) is 7.13. The van der Waals surface area contributed by atoms with E-state index in [1.165, 1.54) is 0 Å². The summed E-state index contributed by atoms with van der Waals surface area (Å²) in [6.45, 7) is 1.94. The van der Waals surface area contributed by atoms with Gasteiger partial charge in [0.25, 0.3) is 0 Å². The highest BCUT2D eigenvalue weighted by Crippen LogP contribution is 2.25. The molecule has 3 aromatic rings. The van der Waals surface area contributed by atoms with E-state index in [0.29, 0.717) is 5.71 Å². The van der Waals surface area contributed by atoms with Gasteiger partial charge in [0.1, 0.15) is 17.6 Å². The van der Waals surface area contributed by atoms with Crippen LogP contribution in [0, 0.1) is 6.92 Å². The molecule has 0 spiro atoms. The van der Waals surface area contributed by atoms with Crippen LogP contribution in [0.25, 0.3) is 0 Å². The maximum absolute atomic E-state index is 9.66. The number of hydrogen-bond donors (Lipinski definition) is 1. The molecule has 0 aliphatic carbocycles. The van der Waals surface area contributed by atoms with E-state index in [1.54, 1.807) is 6.20 Å². The van der Waals surface area contributed by atoms with Crippen molar-refractivity contribution in [1.29, 1.82) is 0 Å². The van der Waals surface area contributed by atoms with Crippen molar-refractivity contribution in [3.8, 4) is 0 Å². The smallest absolute Gasteiger partial charge is 0.114 e. The second kappa shape index (κ2) is 6.26. The number of aryl methyl sites for hydroxylation is 1. The van der Waals surface area contributed by atoms with Crippen LogP contribution in [-0.2, 0) is 0 Å². The minimum atomic E-state index is -0.226. The maximum atomic E-state index is 9.66. The standard InChI is InChI=1S/C18H17N3O/c1-14-19-12-13-21(14)18(16-10-6-3-7-11-16)17(20-22)15-8-4-2-5-9-15/h2-13,18,22H,1H3/b20-17-/t18-/m0/s1. The molecular weight excluding hydrogens is 274 g/mol. The topological polar surface area (TPSA) is 50.4 Å². The van der Waals surface area contributed by atoms with Crippen LogP contribution in [0.4, 0.5) is 0 Å². The third-order valence-electron chi connectivity index (χ3n) is 3.69. The van der Waals surface area contributed by atoms with Gasteiger partial charge in [-0.25, -0.2) is 4.98 Å². The van der Waals surface area contributed by atoms with E-state index in [0.717, 1.165) is 17.0 Å². The lowest BCUT2D eigenvalue weighted by molar-refractivity contribution is 0.316. The fourth-order valence-corrected chi connectivity index (χ4v) is 2.63. The average molecular weight is 291 g/mol. The van der Waals surface area contributed by atoms with Gasteiger partial charge in [0.15, 0.2) is 0 Å². The third kappa shape index (κ3) is 2.63. The Morgan fingerprint density at radius 3 is 2.23 bits per heavy atom. The molecule has 0 saturated heterocycles. The summed E-state index contributed by atoms with van der Waals surface area (Å²) in [5.41, 5.74) is 2.51. The number of hydrogen-bond acceptors (Lipinski definition) is 3. The van der Waals surface area contributed by atoms with Crippen molar-refractivity contribution < 1.29 is 5.21 Å². The Morgan fingerprint density at radius 1 is 1.05 bits per heavy atom. The van der Waals surface area contributed by atoms with Crippen molar-refractivity contribution in [2.75, 3.05) is 0 Å². The largest absolute Gasteiger partial charge is 0.411 e. The number of oxime groups is 1. The molecule has 1 atom stereocenters. The molecule has 110 valence electrons. The molecule has 1 aromatic heterocycles. The molecule has 0 bridgehead atoms. The predicted octanol–water partition coefficient (Wildman–Crippen LogP) is 3.66. The first-order valence-corrected chi connectivity index (χ1v) is 7.13. The SMILES string of the molecule is Cc1nccn1[C@H](/C(=N\O)c1ccccc1)c1ccccc1. The van der Waals surface area contributed by atoms with E-state index >= 15 is 0 Å². The summed E-state index contributed by atoms with van der Waals surface area (Å²) in [6.07, 6.45) is 3.66. The van der Waals surface area contributed by atoms with Crippen molar-refractivity contribution in [1.82, 2.24) is 9.55 Å². The molecule has 0 unspecified atom stereocenters. The lowest BCUT2D eigenvalue weighted by atomic mass is 9.96. The molecule has 2 aromatic carbocycles. The molecule has 22 heavy (non-hydrogen) atoms. The van der Waals surface area contributed by atoms with Crippen LogP contribution in [0.1, 0.15) is 23.0 Å². The Hall–Kier alpha value is -2.88. The lowest BCUT2D eigenvalue weighted by Gasteiger charge is -2.22. The number of nitrogens with zero attached hydrogens (tertiary/aromatic N) is 3. The molecule has 0 fully saturated rings. The first kappa shape index (κ1) is 14.1. The van der Waals surface area contributed by atoms with Gasteiger partial charge in [-0.15, -0.1) is 0 Å². The van der Waals surface area contributed by atoms with Gasteiger partial charge in [-0.1, -0.05) is 65.8 Å². The zero-order chi connectivity index (χ0) is 15.4. The monoisotopic (exact) mass is 291 g/mol. The van der Waals surface area contributed by atoms with Gasteiger partial charge in [0.05, 0.1) is 0 Å². The molecule has 4 heteroatoms. The fraction of sp³-hybridized carbons (Fsp3) is 0.111. The van der Waals surface area contributed by atoms with Gasteiger partial charge in [0, 0.05) is 18.0 Å². The van der Waals surface area contributed by atoms with Crippen LogP contribution >= 0.6 is 0 Å². The summed E-state index contributed by atoms with van der Waals surface area (Å²) in [5.74, 6) is 0.867. The maximum Gasteiger partial charge on any atom is 0.114 e. The van der Waals surface area contributed by atoms with Crippen LogP contribution in [0.2, 0.25) is 0 Å². The summed E-state index contributed by atoms with van der Waals surface area (Å²) in [6, 6.07) is 19.5. The van der Waals surface area contributed by atoms with Gasteiger partial charge in [-0.2, -0.15) is 0 Å². The number of imidazole rings is 1. The van der Waals surface area contributed by atoms with Gasteiger partial charge in [0.2, 0.25) is 0 Å². The molecule has 4 nitrogen and oxygen atoms in total. The van der Waals surface area contributed by atoms with E-state index in [2.05, 4.69) is 10.1 Å². The Morgan fingerprint density at radius 2 is 1.68 bits per heavy atom. The third-order valence-corrected chi connectivity index (χ3v) is 3.69. The van der Waals surface area contributed by atoms with E-state index in [9.17, 15) is 5.21 Å². The molecule has 0 saturated carbocycles. The van der Waals surface area contributed by atoms with Crippen LogP contribution in [0.5, 0.6) is 0 Å². The first-order chi connectivity index (χ1) is 10.8.